The Morgan fingerprint density at radius 1 is 0.360 bits per heavy atom. The van der Waals surface area contributed by atoms with E-state index in [1.54, 1.807) is 11.3 Å². The van der Waals surface area contributed by atoms with Gasteiger partial charge in [-0.05, 0) is 58.7 Å². The molecule has 0 fully saturated rings. The van der Waals surface area contributed by atoms with Gasteiger partial charge in [0.15, 0.2) is 17.5 Å². The van der Waals surface area contributed by atoms with Crippen molar-refractivity contribution in [1.29, 1.82) is 0 Å². The van der Waals surface area contributed by atoms with Gasteiger partial charge >= 0.3 is 0 Å². The molecule has 10 aromatic rings. The average molecular weight is 658 g/mol. The number of para-hydroxylation sites is 1. The van der Waals surface area contributed by atoms with E-state index in [9.17, 15) is 0 Å². The first kappa shape index (κ1) is 28.6. The number of hydrogen-bond acceptors (Lipinski definition) is 5. The molecule has 0 aliphatic rings. The first-order valence-electron chi connectivity index (χ1n) is 16.6. The lowest BCUT2D eigenvalue weighted by Crippen LogP contribution is -2.01. The number of benzene rings is 7. The molecule has 3 heterocycles. The minimum Gasteiger partial charge on any atom is -0.456 e. The molecule has 50 heavy (non-hydrogen) atoms. The maximum atomic E-state index is 6.16. The molecule has 7 aromatic carbocycles. The predicted molar refractivity (Wildman–Crippen MR) is 207 cm³/mol. The Bertz CT molecular complexity index is 2870. The molecule has 0 radical (unpaired) electrons. The van der Waals surface area contributed by atoms with Crippen molar-refractivity contribution in [2.24, 2.45) is 0 Å². The Morgan fingerprint density at radius 2 is 0.940 bits per heavy atom. The van der Waals surface area contributed by atoms with Gasteiger partial charge in [-0.25, -0.2) is 15.0 Å². The molecular formula is C45H27N3OS. The van der Waals surface area contributed by atoms with Gasteiger partial charge in [-0.15, -0.1) is 11.3 Å². The van der Waals surface area contributed by atoms with Gasteiger partial charge < -0.3 is 4.42 Å². The first-order chi connectivity index (χ1) is 24.8. The van der Waals surface area contributed by atoms with Crippen LogP contribution in [0.3, 0.4) is 0 Å². The Morgan fingerprint density at radius 3 is 1.80 bits per heavy atom. The molecule has 234 valence electrons. The summed E-state index contributed by atoms with van der Waals surface area (Å²) < 4.78 is 8.61. The van der Waals surface area contributed by atoms with Crippen LogP contribution in [0.4, 0.5) is 0 Å². The minimum absolute atomic E-state index is 0.614. The zero-order valence-corrected chi connectivity index (χ0v) is 27.6. The van der Waals surface area contributed by atoms with Crippen LogP contribution >= 0.6 is 11.3 Å². The van der Waals surface area contributed by atoms with Crippen LogP contribution in [-0.2, 0) is 0 Å². The molecule has 0 spiro atoms. The second-order valence-corrected chi connectivity index (χ2v) is 13.5. The van der Waals surface area contributed by atoms with Crippen molar-refractivity contribution in [3.63, 3.8) is 0 Å². The van der Waals surface area contributed by atoms with Crippen molar-refractivity contribution in [3.8, 4) is 56.4 Å². The summed E-state index contributed by atoms with van der Waals surface area (Å²) in [6.45, 7) is 0. The van der Waals surface area contributed by atoms with Crippen molar-refractivity contribution in [3.05, 3.63) is 164 Å². The fourth-order valence-corrected chi connectivity index (χ4v) is 8.11. The summed E-state index contributed by atoms with van der Waals surface area (Å²) in [5.74, 6) is 1.88. The smallest absolute Gasteiger partial charge is 0.164 e. The number of fused-ring (bicyclic) bond motifs is 6. The zero-order chi connectivity index (χ0) is 33.0. The predicted octanol–water partition coefficient (Wildman–Crippen LogP) is 12.5. The second-order valence-electron chi connectivity index (χ2n) is 12.4. The molecule has 0 aliphatic carbocycles. The third-order valence-electron chi connectivity index (χ3n) is 9.38. The van der Waals surface area contributed by atoms with E-state index < -0.39 is 0 Å². The number of nitrogens with zero attached hydrogens (tertiary/aromatic N) is 3. The largest absolute Gasteiger partial charge is 0.456 e. The summed E-state index contributed by atoms with van der Waals surface area (Å²) in [7, 11) is 0. The van der Waals surface area contributed by atoms with Crippen LogP contribution in [-0.4, -0.2) is 15.0 Å². The van der Waals surface area contributed by atoms with Gasteiger partial charge in [0.1, 0.15) is 11.2 Å². The molecule has 0 saturated carbocycles. The Balaban J connectivity index is 1.19. The van der Waals surface area contributed by atoms with E-state index in [-0.39, 0.29) is 0 Å². The zero-order valence-electron chi connectivity index (χ0n) is 26.7. The maximum absolute atomic E-state index is 6.16. The molecule has 0 aliphatic heterocycles. The molecular weight excluding hydrogens is 631 g/mol. The molecule has 3 aromatic heterocycles. The molecule has 4 nitrogen and oxygen atoms in total. The Hall–Kier alpha value is -6.43. The summed E-state index contributed by atoms with van der Waals surface area (Å²) in [5, 5.41) is 4.47. The molecule has 0 unspecified atom stereocenters. The van der Waals surface area contributed by atoms with E-state index in [1.165, 1.54) is 25.9 Å². The van der Waals surface area contributed by atoms with Crippen LogP contribution in [0.1, 0.15) is 0 Å². The number of thiophene rings is 1. The molecule has 0 N–H and O–H groups in total. The molecule has 0 saturated heterocycles. The van der Waals surface area contributed by atoms with Crippen LogP contribution in [0.2, 0.25) is 0 Å². The highest BCUT2D eigenvalue weighted by atomic mass is 32.1. The quantitative estimate of drug-likeness (QED) is 0.185. The Labute approximate surface area is 292 Å². The summed E-state index contributed by atoms with van der Waals surface area (Å²) in [6.07, 6.45) is 0. The topological polar surface area (TPSA) is 51.8 Å². The fraction of sp³-hybridized carbons (Fsp3) is 0. The third kappa shape index (κ3) is 4.79. The summed E-state index contributed by atoms with van der Waals surface area (Å²) in [5.41, 5.74) is 9.06. The van der Waals surface area contributed by atoms with E-state index in [2.05, 4.69) is 127 Å². The number of aromatic nitrogens is 3. The normalized spacial score (nSPS) is 11.6. The second kappa shape index (κ2) is 11.6. The molecule has 0 bridgehead atoms. The lowest BCUT2D eigenvalue weighted by atomic mass is 9.96. The van der Waals surface area contributed by atoms with Gasteiger partial charge in [-0.1, -0.05) is 127 Å². The first-order valence-corrected chi connectivity index (χ1v) is 17.4. The monoisotopic (exact) mass is 657 g/mol. The van der Waals surface area contributed by atoms with Crippen LogP contribution in [0.25, 0.3) is 98.5 Å². The SMILES string of the molecule is c1ccc(-c2ccc(-c3ccccc3-c3nc(-c4ccc5oc6ccccc6c5c4)nc(-c4cccc5sc6ccccc6c45)n3)cc2)cc1. The number of furan rings is 1. The van der Waals surface area contributed by atoms with Gasteiger partial charge in [-0.2, -0.15) is 0 Å². The third-order valence-corrected chi connectivity index (χ3v) is 10.5. The fourth-order valence-electron chi connectivity index (χ4n) is 6.97. The number of hydrogen-bond donors (Lipinski definition) is 0. The Kier molecular flexibility index (Phi) is 6.64. The van der Waals surface area contributed by atoms with Crippen molar-refractivity contribution in [1.82, 2.24) is 15.0 Å². The highest BCUT2D eigenvalue weighted by Crippen LogP contribution is 2.41. The standard InChI is InChI=1S/C45H27N3OS/c1-2-11-28(12-3-1)29-21-23-30(24-22-29)32-13-4-5-15-34(32)44-46-43(31-25-26-39-37(27-31)33-14-6-8-18-38(33)49-39)47-45(48-44)36-17-10-20-41-42(36)35-16-7-9-19-40(35)50-41/h1-27H. The van der Waals surface area contributed by atoms with Crippen LogP contribution in [0.15, 0.2) is 168 Å². The van der Waals surface area contributed by atoms with Gasteiger partial charge in [0.25, 0.3) is 0 Å². The maximum Gasteiger partial charge on any atom is 0.164 e. The van der Waals surface area contributed by atoms with Crippen molar-refractivity contribution in [2.45, 2.75) is 0 Å². The minimum atomic E-state index is 0.614. The molecule has 0 amide bonds. The van der Waals surface area contributed by atoms with Crippen molar-refractivity contribution in [2.75, 3.05) is 0 Å². The van der Waals surface area contributed by atoms with Gasteiger partial charge in [0, 0.05) is 47.6 Å². The van der Waals surface area contributed by atoms with Crippen LogP contribution in [0, 0.1) is 0 Å². The van der Waals surface area contributed by atoms with E-state index >= 15 is 0 Å². The molecule has 5 heteroatoms. The molecule has 0 atom stereocenters. The van der Waals surface area contributed by atoms with Gasteiger partial charge in [0.05, 0.1) is 0 Å². The van der Waals surface area contributed by atoms with Crippen molar-refractivity contribution < 1.29 is 4.42 Å². The summed E-state index contributed by atoms with van der Waals surface area (Å²) in [4.78, 5) is 15.7. The van der Waals surface area contributed by atoms with E-state index in [1.807, 2.05) is 36.4 Å². The highest BCUT2D eigenvalue weighted by Gasteiger charge is 2.19. The van der Waals surface area contributed by atoms with E-state index in [4.69, 9.17) is 19.4 Å². The van der Waals surface area contributed by atoms with Crippen LogP contribution < -0.4 is 0 Å². The summed E-state index contributed by atoms with van der Waals surface area (Å²) in [6, 6.07) is 56.9. The van der Waals surface area contributed by atoms with Gasteiger partial charge in [-0.3, -0.25) is 0 Å². The average Bonchev–Trinajstić information content (AvgIpc) is 3.76. The highest BCUT2D eigenvalue weighted by molar-refractivity contribution is 7.25. The lowest BCUT2D eigenvalue weighted by Gasteiger charge is -2.13. The van der Waals surface area contributed by atoms with Gasteiger partial charge in [0.2, 0.25) is 0 Å². The van der Waals surface area contributed by atoms with Crippen LogP contribution in [0.5, 0.6) is 0 Å². The number of rotatable bonds is 5. The molecule has 10 rings (SSSR count). The summed E-state index contributed by atoms with van der Waals surface area (Å²) >= 11 is 1.79. The lowest BCUT2D eigenvalue weighted by molar-refractivity contribution is 0.669. The van der Waals surface area contributed by atoms with E-state index in [0.29, 0.717) is 17.5 Å². The van der Waals surface area contributed by atoms with Crippen molar-refractivity contribution >= 4 is 53.4 Å². The van der Waals surface area contributed by atoms with E-state index in [0.717, 1.165) is 55.1 Å².